The Labute approximate surface area is 231 Å². The van der Waals surface area contributed by atoms with E-state index in [9.17, 15) is 0 Å². The molecule has 0 aliphatic carbocycles. The van der Waals surface area contributed by atoms with Gasteiger partial charge in [-0.1, -0.05) is 99.6 Å². The standard InChI is InChI=1S/C33H34N6/c1-33(2,3)32-34-29(37-19-18-36(4)23-37)22-30(35-32)38-20-21-39(24-38)31-27(25-12-7-5-8-13-25)16-11-17-28(31)26-14-9-6-10-15-26/h5-22H,23-24H2,1-4H3. The van der Waals surface area contributed by atoms with E-state index in [1.807, 2.05) is 0 Å². The predicted octanol–water partition coefficient (Wildman–Crippen LogP) is 7.04. The van der Waals surface area contributed by atoms with Gasteiger partial charge in [-0.05, 0) is 11.1 Å². The number of benzene rings is 3. The van der Waals surface area contributed by atoms with E-state index in [2.05, 4.69) is 157 Å². The van der Waals surface area contributed by atoms with Gasteiger partial charge in [-0.3, -0.25) is 0 Å². The Balaban J connectivity index is 1.40. The third-order valence-corrected chi connectivity index (χ3v) is 7.06. The summed E-state index contributed by atoms with van der Waals surface area (Å²) < 4.78 is 0. The average Bonchev–Trinajstić information content (AvgIpc) is 3.63. The molecular formula is C33H34N6. The van der Waals surface area contributed by atoms with E-state index in [0.29, 0.717) is 6.67 Å². The molecule has 0 fully saturated rings. The monoisotopic (exact) mass is 514 g/mol. The van der Waals surface area contributed by atoms with Gasteiger partial charge in [-0.25, -0.2) is 9.97 Å². The van der Waals surface area contributed by atoms with Gasteiger partial charge in [-0.15, -0.1) is 0 Å². The van der Waals surface area contributed by atoms with Crippen molar-refractivity contribution in [2.75, 3.05) is 35.1 Å². The highest BCUT2D eigenvalue weighted by Gasteiger charge is 2.27. The second kappa shape index (κ2) is 9.95. The number of hydrogen-bond acceptors (Lipinski definition) is 6. The fourth-order valence-corrected chi connectivity index (χ4v) is 5.00. The van der Waals surface area contributed by atoms with Gasteiger partial charge in [-0.2, -0.15) is 0 Å². The molecule has 0 radical (unpaired) electrons. The maximum absolute atomic E-state index is 5.04. The third-order valence-electron chi connectivity index (χ3n) is 7.06. The summed E-state index contributed by atoms with van der Waals surface area (Å²) in [5.74, 6) is 2.64. The Kier molecular flexibility index (Phi) is 6.31. The van der Waals surface area contributed by atoms with Crippen LogP contribution in [0.3, 0.4) is 0 Å². The van der Waals surface area contributed by atoms with Crippen LogP contribution in [-0.2, 0) is 5.41 Å². The molecule has 0 saturated carbocycles. The molecule has 3 aromatic carbocycles. The van der Waals surface area contributed by atoms with Crippen molar-refractivity contribution in [3.8, 4) is 22.3 Å². The largest absolute Gasteiger partial charge is 0.361 e. The minimum absolute atomic E-state index is 0.177. The molecule has 196 valence electrons. The van der Waals surface area contributed by atoms with Crippen molar-refractivity contribution in [1.29, 1.82) is 0 Å². The molecule has 6 rings (SSSR count). The van der Waals surface area contributed by atoms with Crippen LogP contribution in [0.15, 0.2) is 110 Å². The number of hydrogen-bond donors (Lipinski definition) is 0. The normalized spacial score (nSPS) is 15.1. The lowest BCUT2D eigenvalue weighted by Gasteiger charge is -2.28. The Bertz CT molecular complexity index is 1460. The fraction of sp³-hybridized carbons (Fsp3) is 0.212. The Morgan fingerprint density at radius 1 is 0.590 bits per heavy atom. The molecular weight excluding hydrogens is 480 g/mol. The van der Waals surface area contributed by atoms with Gasteiger partial charge in [0, 0.05) is 54.5 Å². The number of rotatable bonds is 5. The Hall–Kier alpha value is -4.58. The van der Waals surface area contributed by atoms with Crippen LogP contribution in [0.5, 0.6) is 0 Å². The lowest BCUT2D eigenvalue weighted by Crippen LogP contribution is -2.29. The predicted molar refractivity (Wildman–Crippen MR) is 161 cm³/mol. The molecule has 0 unspecified atom stereocenters. The van der Waals surface area contributed by atoms with Crippen LogP contribution in [0.25, 0.3) is 22.3 Å². The minimum Gasteiger partial charge on any atom is -0.361 e. The van der Waals surface area contributed by atoms with Crippen LogP contribution in [0.4, 0.5) is 17.3 Å². The second-order valence-electron chi connectivity index (χ2n) is 11.1. The average molecular weight is 515 g/mol. The van der Waals surface area contributed by atoms with Gasteiger partial charge in [0.25, 0.3) is 0 Å². The summed E-state index contributed by atoms with van der Waals surface area (Å²) in [4.78, 5) is 18.8. The van der Waals surface area contributed by atoms with Crippen molar-refractivity contribution >= 4 is 17.3 Å². The van der Waals surface area contributed by atoms with Crippen LogP contribution in [-0.4, -0.2) is 35.3 Å². The zero-order chi connectivity index (χ0) is 27.0. The van der Waals surface area contributed by atoms with Gasteiger partial charge in [0.15, 0.2) is 0 Å². The van der Waals surface area contributed by atoms with Crippen LogP contribution in [0.1, 0.15) is 26.6 Å². The molecule has 1 aromatic heterocycles. The van der Waals surface area contributed by atoms with Gasteiger partial charge in [0.05, 0.1) is 12.4 Å². The van der Waals surface area contributed by atoms with E-state index in [4.69, 9.17) is 9.97 Å². The van der Waals surface area contributed by atoms with E-state index in [0.717, 1.165) is 24.1 Å². The Morgan fingerprint density at radius 2 is 1.10 bits per heavy atom. The first kappa shape index (κ1) is 24.7. The smallest absolute Gasteiger partial charge is 0.139 e. The van der Waals surface area contributed by atoms with Crippen molar-refractivity contribution in [2.45, 2.75) is 26.2 Å². The first-order chi connectivity index (χ1) is 18.9. The van der Waals surface area contributed by atoms with Gasteiger partial charge in [0.1, 0.15) is 24.1 Å². The van der Waals surface area contributed by atoms with E-state index < -0.39 is 0 Å². The number of aromatic nitrogens is 2. The Morgan fingerprint density at radius 3 is 1.62 bits per heavy atom. The maximum atomic E-state index is 5.04. The molecule has 0 saturated heterocycles. The fourth-order valence-electron chi connectivity index (χ4n) is 5.00. The lowest BCUT2D eigenvalue weighted by molar-refractivity contribution is 0.492. The third kappa shape index (κ3) is 4.98. The molecule has 2 aliphatic heterocycles. The number of anilines is 3. The zero-order valence-corrected chi connectivity index (χ0v) is 23.0. The van der Waals surface area contributed by atoms with Crippen LogP contribution < -0.4 is 14.7 Å². The molecule has 0 atom stereocenters. The zero-order valence-electron chi connectivity index (χ0n) is 23.0. The quantitative estimate of drug-likeness (QED) is 0.284. The molecule has 0 bridgehead atoms. The molecule has 6 heteroatoms. The van der Waals surface area contributed by atoms with E-state index in [1.54, 1.807) is 0 Å². The molecule has 39 heavy (non-hydrogen) atoms. The molecule has 4 aromatic rings. The first-order valence-corrected chi connectivity index (χ1v) is 13.4. The topological polar surface area (TPSA) is 38.7 Å². The van der Waals surface area contributed by atoms with Crippen molar-refractivity contribution in [3.63, 3.8) is 0 Å². The van der Waals surface area contributed by atoms with Gasteiger partial charge < -0.3 is 19.6 Å². The number of para-hydroxylation sites is 1. The van der Waals surface area contributed by atoms with Crippen LogP contribution in [0, 0.1) is 0 Å². The summed E-state index contributed by atoms with van der Waals surface area (Å²) in [6, 6.07) is 29.9. The van der Waals surface area contributed by atoms with Crippen LogP contribution >= 0.6 is 0 Å². The molecule has 2 aliphatic rings. The van der Waals surface area contributed by atoms with Crippen molar-refractivity contribution < 1.29 is 0 Å². The lowest BCUT2D eigenvalue weighted by atomic mass is 9.95. The maximum Gasteiger partial charge on any atom is 0.139 e. The van der Waals surface area contributed by atoms with Crippen molar-refractivity contribution in [2.24, 2.45) is 0 Å². The summed E-state index contributed by atoms with van der Waals surface area (Å²) in [5, 5.41) is 0. The summed E-state index contributed by atoms with van der Waals surface area (Å²) in [6.07, 6.45) is 8.44. The van der Waals surface area contributed by atoms with Gasteiger partial charge >= 0.3 is 0 Å². The summed E-state index contributed by atoms with van der Waals surface area (Å²) in [7, 11) is 2.07. The van der Waals surface area contributed by atoms with Crippen LogP contribution in [0.2, 0.25) is 0 Å². The molecule has 0 N–H and O–H groups in total. The highest BCUT2D eigenvalue weighted by molar-refractivity contribution is 5.92. The van der Waals surface area contributed by atoms with Crippen molar-refractivity contribution in [3.05, 3.63) is 116 Å². The van der Waals surface area contributed by atoms with Crippen molar-refractivity contribution in [1.82, 2.24) is 14.9 Å². The first-order valence-electron chi connectivity index (χ1n) is 13.4. The summed E-state index contributed by atoms with van der Waals surface area (Å²) in [5.41, 5.74) is 5.80. The number of nitrogens with zero attached hydrogens (tertiary/aromatic N) is 6. The second-order valence-corrected chi connectivity index (χ2v) is 11.1. The van der Waals surface area contributed by atoms with Gasteiger partial charge in [0.2, 0.25) is 0 Å². The molecule has 0 amide bonds. The highest BCUT2D eigenvalue weighted by Crippen LogP contribution is 2.41. The van der Waals surface area contributed by atoms with E-state index >= 15 is 0 Å². The SMILES string of the molecule is CN1C=CN(c2cc(N3C=CN(c4c(-c5ccccc5)cccc4-c4ccccc4)C3)nc(C(C)(C)C)n2)C1. The van der Waals surface area contributed by atoms with E-state index in [-0.39, 0.29) is 5.41 Å². The summed E-state index contributed by atoms with van der Waals surface area (Å²) >= 11 is 0. The molecule has 0 spiro atoms. The van der Waals surface area contributed by atoms with E-state index in [1.165, 1.54) is 27.9 Å². The summed E-state index contributed by atoms with van der Waals surface area (Å²) in [6.45, 7) is 7.91. The minimum atomic E-state index is -0.177. The molecule has 6 nitrogen and oxygen atoms in total. The highest BCUT2D eigenvalue weighted by atomic mass is 15.4. The molecule has 3 heterocycles.